The highest BCUT2D eigenvalue weighted by molar-refractivity contribution is 5.95. The summed E-state index contributed by atoms with van der Waals surface area (Å²) in [5, 5.41) is 11.7. The Morgan fingerprint density at radius 1 is 1.08 bits per heavy atom. The predicted molar refractivity (Wildman–Crippen MR) is 97.0 cm³/mol. The minimum atomic E-state index is -1.01. The lowest BCUT2D eigenvalue weighted by atomic mass is 10.2. The van der Waals surface area contributed by atoms with Crippen LogP contribution >= 0.6 is 0 Å². The number of para-hydroxylation sites is 2. The fourth-order valence-electron chi connectivity index (χ4n) is 2.69. The van der Waals surface area contributed by atoms with Gasteiger partial charge in [-0.2, -0.15) is 0 Å². The molecular weight excluding hydrogens is 336 g/mol. The highest BCUT2D eigenvalue weighted by Gasteiger charge is 2.16. The molecular formula is C19H20N2O5. The lowest BCUT2D eigenvalue weighted by Gasteiger charge is -2.30. The lowest BCUT2D eigenvalue weighted by Crippen LogP contribution is -2.36. The first-order chi connectivity index (χ1) is 12.6. The van der Waals surface area contributed by atoms with Crippen LogP contribution in [0.25, 0.3) is 0 Å². The highest BCUT2D eigenvalue weighted by atomic mass is 16.5. The van der Waals surface area contributed by atoms with Gasteiger partial charge < -0.3 is 24.8 Å². The number of carboxylic acid groups (broad SMARTS) is 1. The van der Waals surface area contributed by atoms with Crippen LogP contribution in [0.4, 0.5) is 11.4 Å². The zero-order chi connectivity index (χ0) is 18.4. The number of hydrogen-bond acceptors (Lipinski definition) is 5. The maximum absolute atomic E-state index is 12.2. The number of nitrogens with zero attached hydrogens (tertiary/aromatic N) is 1. The van der Waals surface area contributed by atoms with Gasteiger partial charge in [0, 0.05) is 13.1 Å². The van der Waals surface area contributed by atoms with E-state index in [4.69, 9.17) is 14.6 Å². The van der Waals surface area contributed by atoms with E-state index in [1.165, 1.54) is 24.3 Å². The van der Waals surface area contributed by atoms with Crippen LogP contribution in [0.5, 0.6) is 5.75 Å². The van der Waals surface area contributed by atoms with Gasteiger partial charge in [-0.1, -0.05) is 12.1 Å². The van der Waals surface area contributed by atoms with Gasteiger partial charge in [0.1, 0.15) is 5.75 Å². The molecule has 0 unspecified atom stereocenters. The Labute approximate surface area is 151 Å². The third-order valence-electron chi connectivity index (χ3n) is 4.00. The molecule has 0 bridgehead atoms. The van der Waals surface area contributed by atoms with Crippen LogP contribution in [0, 0.1) is 0 Å². The summed E-state index contributed by atoms with van der Waals surface area (Å²) >= 11 is 0. The van der Waals surface area contributed by atoms with Gasteiger partial charge in [-0.25, -0.2) is 4.79 Å². The molecule has 0 spiro atoms. The Morgan fingerprint density at radius 3 is 2.46 bits per heavy atom. The molecule has 1 aliphatic heterocycles. The fourth-order valence-corrected chi connectivity index (χ4v) is 2.69. The van der Waals surface area contributed by atoms with Gasteiger partial charge >= 0.3 is 5.97 Å². The molecule has 2 aromatic rings. The van der Waals surface area contributed by atoms with E-state index in [0.29, 0.717) is 19.0 Å². The molecule has 0 atom stereocenters. The molecule has 1 amide bonds. The molecule has 136 valence electrons. The first kappa shape index (κ1) is 17.8. The average Bonchev–Trinajstić information content (AvgIpc) is 2.68. The molecule has 0 aliphatic carbocycles. The van der Waals surface area contributed by atoms with Crippen LogP contribution in [0.3, 0.4) is 0 Å². The third-order valence-corrected chi connectivity index (χ3v) is 4.00. The van der Waals surface area contributed by atoms with Gasteiger partial charge in [0.2, 0.25) is 0 Å². The zero-order valence-electron chi connectivity index (χ0n) is 14.2. The number of aromatic carboxylic acids is 1. The van der Waals surface area contributed by atoms with Crippen molar-refractivity contribution in [2.75, 3.05) is 43.1 Å². The van der Waals surface area contributed by atoms with Gasteiger partial charge in [-0.15, -0.1) is 0 Å². The molecule has 26 heavy (non-hydrogen) atoms. The summed E-state index contributed by atoms with van der Waals surface area (Å²) in [4.78, 5) is 25.2. The summed E-state index contributed by atoms with van der Waals surface area (Å²) in [7, 11) is 0. The van der Waals surface area contributed by atoms with Gasteiger partial charge in [0.15, 0.2) is 6.61 Å². The van der Waals surface area contributed by atoms with Crippen LogP contribution < -0.4 is 15.0 Å². The maximum atomic E-state index is 12.2. The van der Waals surface area contributed by atoms with E-state index in [1.54, 1.807) is 0 Å². The molecule has 0 aromatic heterocycles. The number of amides is 1. The van der Waals surface area contributed by atoms with Crippen LogP contribution in [-0.2, 0) is 9.53 Å². The number of carbonyl (C=O) groups excluding carboxylic acids is 1. The lowest BCUT2D eigenvalue weighted by molar-refractivity contribution is -0.118. The molecule has 0 saturated carbocycles. The molecule has 7 nitrogen and oxygen atoms in total. The third kappa shape index (κ3) is 4.52. The van der Waals surface area contributed by atoms with Crippen molar-refractivity contribution in [2.24, 2.45) is 0 Å². The van der Waals surface area contributed by atoms with E-state index in [1.807, 2.05) is 24.3 Å². The fraction of sp³-hybridized carbons (Fsp3) is 0.263. The molecule has 1 fully saturated rings. The molecule has 2 aromatic carbocycles. The second kappa shape index (κ2) is 8.35. The minimum Gasteiger partial charge on any atom is -0.484 e. The van der Waals surface area contributed by atoms with E-state index in [0.717, 1.165) is 24.5 Å². The van der Waals surface area contributed by atoms with Crippen molar-refractivity contribution in [2.45, 2.75) is 0 Å². The first-order valence-corrected chi connectivity index (χ1v) is 8.31. The number of nitrogens with one attached hydrogen (secondary N) is 1. The summed E-state index contributed by atoms with van der Waals surface area (Å²) in [6, 6.07) is 13.5. The topological polar surface area (TPSA) is 88.1 Å². The number of benzene rings is 2. The largest absolute Gasteiger partial charge is 0.484 e. The van der Waals surface area contributed by atoms with Gasteiger partial charge in [0.05, 0.1) is 30.2 Å². The van der Waals surface area contributed by atoms with E-state index < -0.39 is 5.97 Å². The molecule has 7 heteroatoms. The van der Waals surface area contributed by atoms with Crippen molar-refractivity contribution in [3.8, 4) is 5.75 Å². The number of hydrogen-bond donors (Lipinski definition) is 2. The summed E-state index contributed by atoms with van der Waals surface area (Å²) in [6.45, 7) is 2.72. The number of anilines is 2. The number of morpholine rings is 1. The highest BCUT2D eigenvalue weighted by Crippen LogP contribution is 2.26. The SMILES string of the molecule is O=C(COc1ccc(C(=O)O)cc1)Nc1ccccc1N1CCOCC1. The van der Waals surface area contributed by atoms with E-state index in [-0.39, 0.29) is 18.1 Å². The Kier molecular flexibility index (Phi) is 5.70. The van der Waals surface area contributed by atoms with Crippen LogP contribution in [0.1, 0.15) is 10.4 Å². The summed E-state index contributed by atoms with van der Waals surface area (Å²) in [5.41, 5.74) is 1.85. The zero-order valence-corrected chi connectivity index (χ0v) is 14.2. The van der Waals surface area contributed by atoms with Crippen molar-refractivity contribution in [3.05, 3.63) is 54.1 Å². The van der Waals surface area contributed by atoms with Crippen molar-refractivity contribution in [1.82, 2.24) is 0 Å². The summed E-state index contributed by atoms with van der Waals surface area (Å²) < 4.78 is 10.8. The Balaban J connectivity index is 1.59. The monoisotopic (exact) mass is 356 g/mol. The summed E-state index contributed by atoms with van der Waals surface area (Å²) in [6.07, 6.45) is 0. The molecule has 3 rings (SSSR count). The first-order valence-electron chi connectivity index (χ1n) is 8.31. The van der Waals surface area contributed by atoms with Gasteiger partial charge in [-0.05, 0) is 36.4 Å². The van der Waals surface area contributed by atoms with Crippen LogP contribution in [0.2, 0.25) is 0 Å². The van der Waals surface area contributed by atoms with E-state index in [9.17, 15) is 9.59 Å². The van der Waals surface area contributed by atoms with E-state index >= 15 is 0 Å². The van der Waals surface area contributed by atoms with Gasteiger partial charge in [-0.3, -0.25) is 4.79 Å². The standard InChI is InChI=1S/C19H20N2O5/c22-18(13-26-15-7-5-14(6-8-15)19(23)24)20-16-3-1-2-4-17(16)21-9-11-25-12-10-21/h1-8H,9-13H2,(H,20,22)(H,23,24). The number of carbonyl (C=O) groups is 2. The molecule has 1 aliphatic rings. The Hall–Kier alpha value is -3.06. The molecule has 1 heterocycles. The second-order valence-electron chi connectivity index (χ2n) is 5.78. The van der Waals surface area contributed by atoms with Crippen molar-refractivity contribution in [3.63, 3.8) is 0 Å². The second-order valence-corrected chi connectivity index (χ2v) is 5.78. The van der Waals surface area contributed by atoms with E-state index in [2.05, 4.69) is 10.2 Å². The average molecular weight is 356 g/mol. The van der Waals surface area contributed by atoms with Crippen LogP contribution in [0.15, 0.2) is 48.5 Å². The number of carboxylic acids is 1. The molecule has 0 radical (unpaired) electrons. The Bertz CT molecular complexity index is 770. The minimum absolute atomic E-state index is 0.163. The van der Waals surface area contributed by atoms with Crippen molar-refractivity contribution >= 4 is 23.3 Å². The van der Waals surface area contributed by atoms with Gasteiger partial charge in [0.25, 0.3) is 5.91 Å². The smallest absolute Gasteiger partial charge is 0.335 e. The molecule has 1 saturated heterocycles. The summed E-state index contributed by atoms with van der Waals surface area (Å²) in [5.74, 6) is -0.853. The number of ether oxygens (including phenoxy) is 2. The Morgan fingerprint density at radius 2 is 1.77 bits per heavy atom. The van der Waals surface area contributed by atoms with Crippen LogP contribution in [-0.4, -0.2) is 49.9 Å². The predicted octanol–water partition coefficient (Wildman–Crippen LogP) is 2.24. The quantitative estimate of drug-likeness (QED) is 0.825. The van der Waals surface area contributed by atoms with Crippen molar-refractivity contribution < 1.29 is 24.2 Å². The molecule has 2 N–H and O–H groups in total. The normalized spacial score (nSPS) is 13.9. The number of rotatable bonds is 6. The maximum Gasteiger partial charge on any atom is 0.335 e. The van der Waals surface area contributed by atoms with Crippen molar-refractivity contribution in [1.29, 1.82) is 0 Å².